The first-order valence-electron chi connectivity index (χ1n) is 4.16. The summed E-state index contributed by atoms with van der Waals surface area (Å²) < 4.78 is 42.5. The second kappa shape index (κ2) is 3.19. The van der Waals surface area contributed by atoms with Gasteiger partial charge in [0.05, 0.1) is 12.2 Å². The summed E-state index contributed by atoms with van der Waals surface area (Å²) in [7, 11) is 0. The van der Waals surface area contributed by atoms with Crippen molar-refractivity contribution >= 4 is 0 Å². The molecule has 0 spiro atoms. The van der Waals surface area contributed by atoms with E-state index in [1.54, 1.807) is 0 Å². The molecule has 1 aromatic rings. The zero-order chi connectivity index (χ0) is 10.2. The van der Waals surface area contributed by atoms with E-state index in [0.29, 0.717) is 13.0 Å². The second-order valence-electron chi connectivity index (χ2n) is 2.95. The molecule has 0 saturated heterocycles. The number of fused-ring (bicyclic) bond motifs is 1. The molecule has 1 aliphatic rings. The van der Waals surface area contributed by atoms with Crippen molar-refractivity contribution in [1.82, 2.24) is 0 Å². The molecule has 0 saturated carbocycles. The van der Waals surface area contributed by atoms with E-state index >= 15 is 0 Å². The van der Waals surface area contributed by atoms with E-state index in [-0.39, 0.29) is 11.3 Å². The Bertz CT molecular complexity index is 344. The maximum atomic E-state index is 12.5. The highest BCUT2D eigenvalue weighted by atomic mass is 19.4. The van der Waals surface area contributed by atoms with E-state index in [2.05, 4.69) is 6.42 Å². The van der Waals surface area contributed by atoms with Crippen LogP contribution in [-0.2, 0) is 6.18 Å². The van der Waals surface area contributed by atoms with Gasteiger partial charge in [-0.3, -0.25) is 0 Å². The predicted molar refractivity (Wildman–Crippen MR) is 43.9 cm³/mol. The SMILES string of the molecule is FC(F)(F)c1cccc2c1[C]CCO2. The predicted octanol–water partition coefficient (Wildman–Crippen LogP) is 2.92. The van der Waals surface area contributed by atoms with Gasteiger partial charge in [0.2, 0.25) is 0 Å². The van der Waals surface area contributed by atoms with Crippen molar-refractivity contribution in [3.63, 3.8) is 0 Å². The fraction of sp³-hybridized carbons (Fsp3) is 0.300. The van der Waals surface area contributed by atoms with E-state index in [1.807, 2.05) is 0 Å². The van der Waals surface area contributed by atoms with Crippen molar-refractivity contribution in [1.29, 1.82) is 0 Å². The molecule has 1 aliphatic heterocycles. The normalized spacial score (nSPS) is 15.9. The Morgan fingerprint density at radius 2 is 2.07 bits per heavy atom. The van der Waals surface area contributed by atoms with Gasteiger partial charge in [-0.2, -0.15) is 13.2 Å². The van der Waals surface area contributed by atoms with E-state index in [0.717, 1.165) is 6.07 Å². The molecule has 0 N–H and O–H groups in total. The largest absolute Gasteiger partial charge is 0.493 e. The van der Waals surface area contributed by atoms with Crippen LogP contribution in [0.2, 0.25) is 0 Å². The molecule has 1 nitrogen and oxygen atoms in total. The molecular formula is C10H7F3O. The number of alkyl halides is 3. The summed E-state index contributed by atoms with van der Waals surface area (Å²) in [5.41, 5.74) is -0.624. The summed E-state index contributed by atoms with van der Waals surface area (Å²) in [5, 5.41) is 0. The number of benzene rings is 1. The lowest BCUT2D eigenvalue weighted by Gasteiger charge is -2.20. The molecule has 1 aromatic carbocycles. The molecule has 14 heavy (non-hydrogen) atoms. The molecule has 74 valence electrons. The summed E-state index contributed by atoms with van der Waals surface area (Å²) in [6.45, 7) is 0.397. The quantitative estimate of drug-likeness (QED) is 0.625. The Hall–Kier alpha value is -1.19. The number of halogens is 3. The highest BCUT2D eigenvalue weighted by Crippen LogP contribution is 2.38. The van der Waals surface area contributed by atoms with Gasteiger partial charge in [0, 0.05) is 12.0 Å². The minimum atomic E-state index is -4.33. The van der Waals surface area contributed by atoms with E-state index in [4.69, 9.17) is 4.74 Å². The van der Waals surface area contributed by atoms with Gasteiger partial charge in [0.15, 0.2) is 0 Å². The van der Waals surface area contributed by atoms with Crippen LogP contribution < -0.4 is 4.74 Å². The molecule has 0 aliphatic carbocycles. The van der Waals surface area contributed by atoms with Gasteiger partial charge in [-0.1, -0.05) is 6.07 Å². The Balaban J connectivity index is 2.51. The standard InChI is InChI=1S/C10H7F3O/c11-10(12,13)8-4-1-5-9-7(8)3-2-6-14-9/h1,4-5H,2,6H2. The fourth-order valence-corrected chi connectivity index (χ4v) is 1.41. The molecule has 0 aromatic heterocycles. The van der Waals surface area contributed by atoms with Crippen LogP contribution in [0, 0.1) is 6.42 Å². The minimum absolute atomic E-state index is 0.0475. The second-order valence-corrected chi connectivity index (χ2v) is 2.95. The van der Waals surface area contributed by atoms with Crippen molar-refractivity contribution in [3.8, 4) is 5.75 Å². The first-order chi connectivity index (χ1) is 6.59. The molecule has 0 atom stereocenters. The number of hydrogen-bond donors (Lipinski definition) is 0. The first-order valence-corrected chi connectivity index (χ1v) is 4.16. The first kappa shape index (κ1) is 9.37. The zero-order valence-corrected chi connectivity index (χ0v) is 7.19. The number of hydrogen-bond acceptors (Lipinski definition) is 1. The average Bonchev–Trinajstić information content (AvgIpc) is 2.15. The molecule has 0 fully saturated rings. The van der Waals surface area contributed by atoms with Crippen LogP contribution in [0.3, 0.4) is 0 Å². The minimum Gasteiger partial charge on any atom is -0.493 e. The zero-order valence-electron chi connectivity index (χ0n) is 7.19. The van der Waals surface area contributed by atoms with Crippen LogP contribution in [0.15, 0.2) is 18.2 Å². The van der Waals surface area contributed by atoms with Crippen LogP contribution in [0.1, 0.15) is 17.5 Å². The lowest BCUT2D eigenvalue weighted by atomic mass is 10.00. The van der Waals surface area contributed by atoms with E-state index in [1.165, 1.54) is 12.1 Å². The highest BCUT2D eigenvalue weighted by Gasteiger charge is 2.35. The monoisotopic (exact) mass is 200 g/mol. The third kappa shape index (κ3) is 1.56. The van der Waals surface area contributed by atoms with Crippen LogP contribution in [0.4, 0.5) is 13.2 Å². The molecule has 0 bridgehead atoms. The van der Waals surface area contributed by atoms with E-state index < -0.39 is 11.7 Å². The van der Waals surface area contributed by atoms with Gasteiger partial charge < -0.3 is 4.74 Å². The highest BCUT2D eigenvalue weighted by molar-refractivity contribution is 5.47. The van der Waals surface area contributed by atoms with E-state index in [9.17, 15) is 13.2 Å². The van der Waals surface area contributed by atoms with Gasteiger partial charge >= 0.3 is 6.18 Å². The summed E-state index contributed by atoms with van der Waals surface area (Å²) in [6, 6.07) is 3.91. The van der Waals surface area contributed by atoms with Crippen LogP contribution in [0.5, 0.6) is 5.75 Å². The van der Waals surface area contributed by atoms with Crippen LogP contribution in [-0.4, -0.2) is 6.61 Å². The number of rotatable bonds is 0. The van der Waals surface area contributed by atoms with Crippen molar-refractivity contribution in [2.75, 3.05) is 6.61 Å². The van der Waals surface area contributed by atoms with Crippen molar-refractivity contribution < 1.29 is 17.9 Å². The molecule has 2 radical (unpaired) electrons. The van der Waals surface area contributed by atoms with Gasteiger partial charge in [0.1, 0.15) is 5.75 Å². The Kier molecular flexibility index (Phi) is 2.13. The molecule has 1 heterocycles. The lowest BCUT2D eigenvalue weighted by molar-refractivity contribution is -0.138. The van der Waals surface area contributed by atoms with Crippen molar-refractivity contribution in [3.05, 3.63) is 35.7 Å². The maximum absolute atomic E-state index is 12.5. The smallest absolute Gasteiger partial charge is 0.416 e. The van der Waals surface area contributed by atoms with Crippen molar-refractivity contribution in [2.24, 2.45) is 0 Å². The summed E-state index contributed by atoms with van der Waals surface area (Å²) in [5.74, 6) is 0.270. The summed E-state index contributed by atoms with van der Waals surface area (Å²) in [6.07, 6.45) is -1.24. The molecule has 0 amide bonds. The average molecular weight is 200 g/mol. The lowest BCUT2D eigenvalue weighted by Crippen LogP contribution is -2.14. The van der Waals surface area contributed by atoms with Gasteiger partial charge in [0.25, 0.3) is 0 Å². The van der Waals surface area contributed by atoms with Gasteiger partial charge in [-0.25, -0.2) is 0 Å². The fourth-order valence-electron chi connectivity index (χ4n) is 1.41. The maximum Gasteiger partial charge on any atom is 0.416 e. The van der Waals surface area contributed by atoms with Crippen molar-refractivity contribution in [2.45, 2.75) is 12.6 Å². The van der Waals surface area contributed by atoms with Crippen LogP contribution in [0.25, 0.3) is 0 Å². The van der Waals surface area contributed by atoms with Gasteiger partial charge in [-0.15, -0.1) is 0 Å². The Morgan fingerprint density at radius 1 is 1.29 bits per heavy atom. The van der Waals surface area contributed by atoms with Gasteiger partial charge in [-0.05, 0) is 18.6 Å². The molecular weight excluding hydrogens is 193 g/mol. The third-order valence-electron chi connectivity index (χ3n) is 1.99. The third-order valence-corrected chi connectivity index (χ3v) is 1.99. The Labute approximate surface area is 79.5 Å². The molecule has 0 unspecified atom stereocenters. The molecule has 2 rings (SSSR count). The van der Waals surface area contributed by atoms with Crippen LogP contribution >= 0.6 is 0 Å². The summed E-state index contributed by atoms with van der Waals surface area (Å²) >= 11 is 0. The number of ether oxygens (including phenoxy) is 1. The Morgan fingerprint density at radius 3 is 2.79 bits per heavy atom. The summed E-state index contributed by atoms with van der Waals surface area (Å²) in [4.78, 5) is 0. The topological polar surface area (TPSA) is 9.23 Å². The molecule has 4 heteroatoms.